The first kappa shape index (κ1) is 24.5. The summed E-state index contributed by atoms with van der Waals surface area (Å²) in [6.07, 6.45) is 5.69. The van der Waals surface area contributed by atoms with Crippen LogP contribution in [-0.4, -0.2) is 73.2 Å². The molecule has 0 bridgehead atoms. The van der Waals surface area contributed by atoms with Crippen molar-refractivity contribution in [2.45, 2.75) is 31.5 Å². The zero-order valence-electron chi connectivity index (χ0n) is 21.1. The van der Waals surface area contributed by atoms with Crippen LogP contribution in [-0.2, 0) is 0 Å². The molecular weight excluding hydrogens is 505 g/mol. The van der Waals surface area contributed by atoms with Gasteiger partial charge in [0, 0.05) is 45.0 Å². The molecule has 0 aromatic carbocycles. The number of hydrogen-bond donors (Lipinski definition) is 3. The highest BCUT2D eigenvalue weighted by atomic mass is 19.1. The van der Waals surface area contributed by atoms with Gasteiger partial charge in [0.05, 0.1) is 17.8 Å². The van der Waals surface area contributed by atoms with Crippen LogP contribution in [0.4, 0.5) is 21.7 Å². The third-order valence-corrected chi connectivity index (χ3v) is 6.85. The third kappa shape index (κ3) is 4.67. The molecule has 200 valence electrons. The highest BCUT2D eigenvalue weighted by Gasteiger charge is 2.39. The Morgan fingerprint density at radius 2 is 1.92 bits per heavy atom. The summed E-state index contributed by atoms with van der Waals surface area (Å²) < 4.78 is 16.1. The van der Waals surface area contributed by atoms with E-state index in [0.717, 1.165) is 25.9 Å². The predicted octanol–water partition coefficient (Wildman–Crippen LogP) is 2.14. The third-order valence-electron chi connectivity index (χ3n) is 6.85. The molecule has 2 amide bonds. The Kier molecular flexibility index (Phi) is 6.17. The van der Waals surface area contributed by atoms with Crippen LogP contribution >= 0.6 is 0 Å². The molecule has 4 aromatic heterocycles. The van der Waals surface area contributed by atoms with Crippen molar-refractivity contribution in [1.29, 1.82) is 0 Å². The molecule has 12 nitrogen and oxygen atoms in total. The van der Waals surface area contributed by atoms with Gasteiger partial charge in [0.25, 0.3) is 17.4 Å². The monoisotopic (exact) mass is 531 g/mol. The maximum atomic E-state index is 13.3. The number of aromatic nitrogens is 5. The molecule has 6 rings (SSSR count). The normalized spacial score (nSPS) is 18.3. The van der Waals surface area contributed by atoms with E-state index in [0.29, 0.717) is 29.4 Å². The van der Waals surface area contributed by atoms with E-state index >= 15 is 0 Å². The van der Waals surface area contributed by atoms with Crippen LogP contribution in [0.25, 0.3) is 11.5 Å². The molecule has 0 spiro atoms. The molecule has 0 radical (unpaired) electrons. The molecule has 5 heterocycles. The van der Waals surface area contributed by atoms with Gasteiger partial charge in [-0.25, -0.2) is 14.4 Å². The van der Waals surface area contributed by atoms with E-state index in [2.05, 4.69) is 31.0 Å². The first-order valence-corrected chi connectivity index (χ1v) is 12.7. The number of amides is 2. The molecule has 2 fully saturated rings. The highest BCUT2D eigenvalue weighted by Crippen LogP contribution is 2.26. The van der Waals surface area contributed by atoms with E-state index in [1.165, 1.54) is 21.5 Å². The lowest BCUT2D eigenvalue weighted by Crippen LogP contribution is -2.28. The van der Waals surface area contributed by atoms with Crippen LogP contribution in [0.2, 0.25) is 0 Å². The second-order valence-electron chi connectivity index (χ2n) is 9.53. The smallest absolute Gasteiger partial charge is 0.279 e. The first-order chi connectivity index (χ1) is 18.9. The number of rotatable bonds is 7. The van der Waals surface area contributed by atoms with Crippen LogP contribution < -0.4 is 21.5 Å². The lowest BCUT2D eigenvalue weighted by Gasteiger charge is -2.15. The Bertz CT molecular complexity index is 1630. The first-order valence-electron chi connectivity index (χ1n) is 12.7. The molecule has 2 atom stereocenters. The van der Waals surface area contributed by atoms with Crippen molar-refractivity contribution in [3.8, 4) is 5.82 Å². The predicted molar refractivity (Wildman–Crippen MR) is 142 cm³/mol. The highest BCUT2D eigenvalue weighted by molar-refractivity contribution is 6.00. The van der Waals surface area contributed by atoms with Gasteiger partial charge in [-0.1, -0.05) is 0 Å². The Morgan fingerprint density at radius 1 is 1.13 bits per heavy atom. The molecule has 39 heavy (non-hydrogen) atoms. The number of carbonyl (C=O) groups excluding carboxylic acids is 2. The summed E-state index contributed by atoms with van der Waals surface area (Å²) in [5.74, 6) is 0.646. The number of hydrogen-bond acceptors (Lipinski definition) is 8. The summed E-state index contributed by atoms with van der Waals surface area (Å²) in [7, 11) is 1.69. The van der Waals surface area contributed by atoms with E-state index in [4.69, 9.17) is 0 Å². The Balaban J connectivity index is 1.28. The Labute approximate surface area is 221 Å². The van der Waals surface area contributed by atoms with Gasteiger partial charge in [0.2, 0.25) is 0 Å². The second-order valence-corrected chi connectivity index (χ2v) is 9.53. The van der Waals surface area contributed by atoms with E-state index in [9.17, 15) is 18.8 Å². The number of halogens is 1. The number of anilines is 3. The van der Waals surface area contributed by atoms with E-state index in [1.807, 2.05) is 0 Å². The average Bonchev–Trinajstić information content (AvgIpc) is 3.32. The lowest BCUT2D eigenvalue weighted by molar-refractivity contribution is 0.0792. The van der Waals surface area contributed by atoms with Gasteiger partial charge in [-0.3, -0.25) is 19.0 Å². The zero-order valence-corrected chi connectivity index (χ0v) is 21.1. The Hall–Kier alpha value is -4.81. The maximum absolute atomic E-state index is 13.3. The largest absolute Gasteiger partial charge is 0.373 e. The second kappa shape index (κ2) is 9.82. The molecule has 1 aliphatic carbocycles. The summed E-state index contributed by atoms with van der Waals surface area (Å²) in [4.78, 5) is 49.3. The number of carbonyl (C=O) groups is 2. The molecule has 2 aliphatic rings. The molecular formula is C26H26FN9O3. The summed E-state index contributed by atoms with van der Waals surface area (Å²) in [5, 5.41) is 12.9. The molecule has 4 aromatic rings. The minimum Gasteiger partial charge on any atom is -0.373 e. The molecule has 1 aliphatic heterocycles. The van der Waals surface area contributed by atoms with E-state index in [1.54, 1.807) is 48.5 Å². The van der Waals surface area contributed by atoms with Crippen LogP contribution in [0.5, 0.6) is 0 Å². The van der Waals surface area contributed by atoms with Crippen molar-refractivity contribution in [2.75, 3.05) is 30.8 Å². The van der Waals surface area contributed by atoms with Gasteiger partial charge >= 0.3 is 0 Å². The average molecular weight is 532 g/mol. The summed E-state index contributed by atoms with van der Waals surface area (Å²) in [6.45, 7) is 1.49. The SMILES string of the molecule is CNc1cc(Nc2cccn(-c3ccc(C(=O)N4CCCC4)cn3)c2=O)nc2c(C(=O)N[C@H]3C[C@H]3F)cnn12. The van der Waals surface area contributed by atoms with Crippen molar-refractivity contribution >= 4 is 34.8 Å². The van der Waals surface area contributed by atoms with Crippen molar-refractivity contribution < 1.29 is 14.0 Å². The standard InChI is InChI=1S/C26H26FN9O3/c1-28-22-12-20(33-23-16(14-30-36(22)23)24(37)32-19-11-17(19)27)31-18-5-4-10-35(26(18)39)21-7-6-15(13-29-21)25(38)34-8-2-3-9-34/h4-7,10,12-14,17,19,28H,2-3,8-9,11H2,1H3,(H,31,33)(H,32,37)/t17-,19+/m1/s1. The minimum absolute atomic E-state index is 0.0642. The van der Waals surface area contributed by atoms with Gasteiger partial charge in [-0.2, -0.15) is 9.61 Å². The Morgan fingerprint density at radius 3 is 2.62 bits per heavy atom. The van der Waals surface area contributed by atoms with Crippen LogP contribution in [0.15, 0.2) is 53.7 Å². The van der Waals surface area contributed by atoms with Gasteiger partial charge < -0.3 is 20.9 Å². The van der Waals surface area contributed by atoms with Gasteiger partial charge in [-0.05, 0) is 37.1 Å². The number of nitrogens with one attached hydrogen (secondary N) is 3. The molecule has 1 saturated heterocycles. The fourth-order valence-corrected chi connectivity index (χ4v) is 4.59. The number of pyridine rings is 2. The summed E-state index contributed by atoms with van der Waals surface area (Å²) in [5.41, 5.74) is 0.746. The molecule has 13 heteroatoms. The fourth-order valence-electron chi connectivity index (χ4n) is 4.59. The number of fused-ring (bicyclic) bond motifs is 1. The van der Waals surface area contributed by atoms with Crippen molar-refractivity contribution in [3.63, 3.8) is 0 Å². The lowest BCUT2D eigenvalue weighted by atomic mass is 10.2. The van der Waals surface area contributed by atoms with Crippen LogP contribution in [0, 0.1) is 0 Å². The fraction of sp³-hybridized carbons (Fsp3) is 0.308. The number of alkyl halides is 1. The van der Waals surface area contributed by atoms with E-state index < -0.39 is 18.1 Å². The van der Waals surface area contributed by atoms with Crippen LogP contribution in [0.3, 0.4) is 0 Å². The van der Waals surface area contributed by atoms with Crippen molar-refractivity contribution in [3.05, 3.63) is 70.4 Å². The van der Waals surface area contributed by atoms with E-state index in [-0.39, 0.29) is 28.4 Å². The van der Waals surface area contributed by atoms with Gasteiger partial charge in [0.1, 0.15) is 34.9 Å². The summed E-state index contributed by atoms with van der Waals surface area (Å²) in [6, 6.07) is 7.75. The molecule has 1 saturated carbocycles. The van der Waals surface area contributed by atoms with Crippen LogP contribution in [0.1, 0.15) is 40.0 Å². The van der Waals surface area contributed by atoms with Crippen molar-refractivity contribution in [1.82, 2.24) is 34.4 Å². The number of likely N-dealkylation sites (tertiary alicyclic amines) is 1. The maximum Gasteiger partial charge on any atom is 0.279 e. The molecule has 3 N–H and O–H groups in total. The quantitative estimate of drug-likeness (QED) is 0.330. The number of nitrogens with zero attached hydrogens (tertiary/aromatic N) is 6. The minimum atomic E-state index is -1.04. The topological polar surface area (TPSA) is 139 Å². The van der Waals surface area contributed by atoms with Gasteiger partial charge in [-0.15, -0.1) is 0 Å². The van der Waals surface area contributed by atoms with Crippen molar-refractivity contribution in [2.24, 2.45) is 0 Å². The zero-order chi connectivity index (χ0) is 27.1. The summed E-state index contributed by atoms with van der Waals surface area (Å²) >= 11 is 0. The van der Waals surface area contributed by atoms with Gasteiger partial charge in [0.15, 0.2) is 5.65 Å². The molecule has 0 unspecified atom stereocenters.